The molecule has 0 unspecified atom stereocenters. The van der Waals surface area contributed by atoms with Crippen molar-refractivity contribution in [2.24, 2.45) is 0 Å². The highest BCUT2D eigenvalue weighted by molar-refractivity contribution is 4.80. The van der Waals surface area contributed by atoms with E-state index in [1.165, 1.54) is 13.2 Å². The average molecular weight is 204 g/mol. The van der Waals surface area contributed by atoms with Gasteiger partial charge in [0.15, 0.2) is 5.79 Å². The van der Waals surface area contributed by atoms with Crippen LogP contribution in [-0.4, -0.2) is 41.9 Å². The van der Waals surface area contributed by atoms with Crippen LogP contribution in [0.1, 0.15) is 20.3 Å². The van der Waals surface area contributed by atoms with E-state index in [0.29, 0.717) is 0 Å². The van der Waals surface area contributed by atoms with Crippen molar-refractivity contribution in [3.8, 4) is 0 Å². The first kappa shape index (κ1) is 13.6. The van der Waals surface area contributed by atoms with Gasteiger partial charge in [-0.1, -0.05) is 6.08 Å². The van der Waals surface area contributed by atoms with Gasteiger partial charge in [-0.3, -0.25) is 0 Å². The van der Waals surface area contributed by atoms with Gasteiger partial charge in [0.05, 0.1) is 18.8 Å². The third-order valence-corrected chi connectivity index (χ3v) is 1.90. The number of aliphatic hydroxyl groups is 2. The molecule has 0 radical (unpaired) electrons. The predicted molar refractivity (Wildman–Crippen MR) is 53.9 cm³/mol. The van der Waals surface area contributed by atoms with E-state index in [1.807, 2.05) is 0 Å². The molecule has 0 saturated heterocycles. The SMILES string of the molecule is C=C[C@@H](O)C[C@H](O)COC(C)(C)OC. The Morgan fingerprint density at radius 1 is 1.43 bits per heavy atom. The highest BCUT2D eigenvalue weighted by atomic mass is 16.7. The maximum Gasteiger partial charge on any atom is 0.162 e. The summed E-state index contributed by atoms with van der Waals surface area (Å²) in [5.41, 5.74) is 0. The fraction of sp³-hybridized carbons (Fsp3) is 0.800. The summed E-state index contributed by atoms with van der Waals surface area (Å²) < 4.78 is 10.3. The van der Waals surface area contributed by atoms with Gasteiger partial charge in [0, 0.05) is 13.5 Å². The summed E-state index contributed by atoms with van der Waals surface area (Å²) >= 11 is 0. The van der Waals surface area contributed by atoms with Crippen LogP contribution >= 0.6 is 0 Å². The van der Waals surface area contributed by atoms with Gasteiger partial charge in [-0.05, 0) is 13.8 Å². The van der Waals surface area contributed by atoms with Crippen molar-refractivity contribution < 1.29 is 19.7 Å². The molecule has 0 amide bonds. The van der Waals surface area contributed by atoms with Crippen molar-refractivity contribution in [2.75, 3.05) is 13.7 Å². The topological polar surface area (TPSA) is 58.9 Å². The van der Waals surface area contributed by atoms with E-state index in [-0.39, 0.29) is 13.0 Å². The summed E-state index contributed by atoms with van der Waals surface area (Å²) in [4.78, 5) is 0. The molecular formula is C10H20O4. The Labute approximate surface area is 85.1 Å². The molecule has 0 spiro atoms. The minimum absolute atomic E-state index is 0.131. The molecule has 2 atom stereocenters. The molecule has 0 aliphatic rings. The lowest BCUT2D eigenvalue weighted by molar-refractivity contribution is -0.210. The van der Waals surface area contributed by atoms with Gasteiger partial charge < -0.3 is 19.7 Å². The van der Waals surface area contributed by atoms with Crippen LogP contribution in [0.3, 0.4) is 0 Å². The van der Waals surface area contributed by atoms with Crippen LogP contribution < -0.4 is 0 Å². The maximum absolute atomic E-state index is 9.42. The molecule has 0 rings (SSSR count). The smallest absolute Gasteiger partial charge is 0.162 e. The minimum atomic E-state index is -0.711. The minimum Gasteiger partial charge on any atom is -0.391 e. The first-order valence-electron chi connectivity index (χ1n) is 4.59. The van der Waals surface area contributed by atoms with E-state index in [9.17, 15) is 5.11 Å². The Morgan fingerprint density at radius 2 is 2.00 bits per heavy atom. The van der Waals surface area contributed by atoms with Crippen LogP contribution in [0.4, 0.5) is 0 Å². The summed E-state index contributed by atoms with van der Waals surface area (Å²) in [6.45, 7) is 7.05. The zero-order valence-corrected chi connectivity index (χ0v) is 9.06. The molecule has 0 bridgehead atoms. The summed E-state index contributed by atoms with van der Waals surface area (Å²) in [7, 11) is 1.53. The first-order chi connectivity index (χ1) is 6.41. The Hall–Kier alpha value is -0.420. The fourth-order valence-electron chi connectivity index (χ4n) is 0.799. The van der Waals surface area contributed by atoms with Crippen molar-refractivity contribution >= 4 is 0 Å². The summed E-state index contributed by atoms with van der Waals surface area (Å²) in [6.07, 6.45) is 0.199. The van der Waals surface area contributed by atoms with Gasteiger partial charge in [0.1, 0.15) is 0 Å². The van der Waals surface area contributed by atoms with Crippen molar-refractivity contribution in [1.29, 1.82) is 0 Å². The van der Waals surface area contributed by atoms with Crippen LogP contribution in [0.25, 0.3) is 0 Å². The zero-order valence-electron chi connectivity index (χ0n) is 9.06. The standard InChI is InChI=1S/C10H20O4/c1-5-8(11)6-9(12)7-14-10(2,3)13-4/h5,8-9,11-12H,1,6-7H2,2-4H3/t8-,9+/m1/s1. The molecular weight excluding hydrogens is 184 g/mol. The molecule has 4 nitrogen and oxygen atoms in total. The van der Waals surface area contributed by atoms with Gasteiger partial charge >= 0.3 is 0 Å². The Bertz CT molecular complexity index is 168. The summed E-state index contributed by atoms with van der Waals surface area (Å²) in [5.74, 6) is -0.708. The average Bonchev–Trinajstić information content (AvgIpc) is 2.15. The van der Waals surface area contributed by atoms with E-state index < -0.39 is 18.0 Å². The van der Waals surface area contributed by atoms with Gasteiger partial charge in [-0.2, -0.15) is 0 Å². The number of aliphatic hydroxyl groups excluding tert-OH is 2. The number of hydrogen-bond donors (Lipinski definition) is 2. The third kappa shape index (κ3) is 6.10. The Morgan fingerprint density at radius 3 is 2.43 bits per heavy atom. The van der Waals surface area contributed by atoms with Gasteiger partial charge in [-0.15, -0.1) is 6.58 Å². The second kappa shape index (κ2) is 6.14. The quantitative estimate of drug-likeness (QED) is 0.473. The van der Waals surface area contributed by atoms with Gasteiger partial charge in [0.2, 0.25) is 0 Å². The maximum atomic E-state index is 9.42. The van der Waals surface area contributed by atoms with E-state index in [2.05, 4.69) is 6.58 Å². The lowest BCUT2D eigenvalue weighted by Crippen LogP contribution is -2.32. The molecule has 0 aromatic rings. The van der Waals surface area contributed by atoms with Crippen LogP contribution in [0.5, 0.6) is 0 Å². The number of methoxy groups -OCH3 is 1. The number of hydrogen-bond acceptors (Lipinski definition) is 4. The molecule has 0 fully saturated rings. The normalized spacial score (nSPS) is 16.4. The van der Waals surface area contributed by atoms with Crippen LogP contribution in [0, 0.1) is 0 Å². The lowest BCUT2D eigenvalue weighted by Gasteiger charge is -2.25. The van der Waals surface area contributed by atoms with Crippen LogP contribution in [0.2, 0.25) is 0 Å². The van der Waals surface area contributed by atoms with Gasteiger partial charge in [0.25, 0.3) is 0 Å². The molecule has 0 aromatic carbocycles. The van der Waals surface area contributed by atoms with E-state index >= 15 is 0 Å². The molecule has 2 N–H and O–H groups in total. The van der Waals surface area contributed by atoms with Crippen molar-refractivity contribution in [3.05, 3.63) is 12.7 Å². The van der Waals surface area contributed by atoms with Crippen molar-refractivity contribution in [3.63, 3.8) is 0 Å². The number of ether oxygens (including phenoxy) is 2. The number of rotatable bonds is 7. The molecule has 0 aromatic heterocycles. The summed E-state index contributed by atoms with van der Waals surface area (Å²) in [6, 6.07) is 0. The van der Waals surface area contributed by atoms with Gasteiger partial charge in [-0.25, -0.2) is 0 Å². The highest BCUT2D eigenvalue weighted by Gasteiger charge is 2.19. The van der Waals surface area contributed by atoms with Crippen molar-refractivity contribution in [2.45, 2.75) is 38.3 Å². The Balaban J connectivity index is 3.73. The molecule has 0 saturated carbocycles. The van der Waals surface area contributed by atoms with Crippen LogP contribution in [0.15, 0.2) is 12.7 Å². The molecule has 4 heteroatoms. The fourth-order valence-corrected chi connectivity index (χ4v) is 0.799. The van der Waals surface area contributed by atoms with Crippen LogP contribution in [-0.2, 0) is 9.47 Å². The molecule has 0 aliphatic heterocycles. The van der Waals surface area contributed by atoms with Crippen molar-refractivity contribution in [1.82, 2.24) is 0 Å². The third-order valence-electron chi connectivity index (χ3n) is 1.90. The predicted octanol–water partition coefficient (Wildman–Crippen LogP) is 0.683. The summed E-state index contributed by atoms with van der Waals surface area (Å²) in [5, 5.41) is 18.6. The zero-order chi connectivity index (χ0) is 11.2. The highest BCUT2D eigenvalue weighted by Crippen LogP contribution is 2.11. The van der Waals surface area contributed by atoms with E-state index in [0.717, 1.165) is 0 Å². The molecule has 14 heavy (non-hydrogen) atoms. The molecule has 0 heterocycles. The second-order valence-corrected chi connectivity index (χ2v) is 3.61. The lowest BCUT2D eigenvalue weighted by atomic mass is 10.1. The molecule has 0 aliphatic carbocycles. The first-order valence-corrected chi connectivity index (χ1v) is 4.59. The second-order valence-electron chi connectivity index (χ2n) is 3.61. The van der Waals surface area contributed by atoms with E-state index in [1.54, 1.807) is 13.8 Å². The molecule has 84 valence electrons. The van der Waals surface area contributed by atoms with E-state index in [4.69, 9.17) is 14.6 Å². The monoisotopic (exact) mass is 204 g/mol. The Kier molecular flexibility index (Phi) is 5.95. The largest absolute Gasteiger partial charge is 0.391 e.